The van der Waals surface area contributed by atoms with Gasteiger partial charge in [-0.2, -0.15) is 9.97 Å². The molecule has 0 spiro atoms. The molecule has 0 N–H and O–H groups in total. The predicted molar refractivity (Wildman–Crippen MR) is 205 cm³/mol. The molecule has 0 aliphatic carbocycles. The second-order valence-electron chi connectivity index (χ2n) is 12.8. The molecule has 0 bridgehead atoms. The summed E-state index contributed by atoms with van der Waals surface area (Å²) in [6.45, 7) is 0. The zero-order chi connectivity index (χ0) is 33.5. The molecule has 238 valence electrons. The van der Waals surface area contributed by atoms with E-state index in [-0.39, 0.29) is 0 Å². The Hall–Kier alpha value is -7.05. The van der Waals surface area contributed by atoms with Gasteiger partial charge in [-0.25, -0.2) is 4.98 Å². The molecule has 4 heterocycles. The van der Waals surface area contributed by atoms with Crippen molar-refractivity contribution < 1.29 is 8.83 Å². The molecule has 0 fully saturated rings. The fourth-order valence-electron chi connectivity index (χ4n) is 7.59. The Balaban J connectivity index is 1.15. The molecule has 6 nitrogen and oxygen atoms in total. The Kier molecular flexibility index (Phi) is 5.86. The highest BCUT2D eigenvalue weighted by Gasteiger charge is 2.21. The first-order valence-corrected chi connectivity index (χ1v) is 16.9. The number of hydrogen-bond acceptors (Lipinski definition) is 5. The minimum Gasteiger partial charge on any atom is -0.456 e. The number of aromatic nitrogens is 4. The van der Waals surface area contributed by atoms with Gasteiger partial charge in [0.15, 0.2) is 11.6 Å². The molecule has 0 aliphatic rings. The topological polar surface area (TPSA) is 69.9 Å². The second kappa shape index (κ2) is 10.7. The first kappa shape index (κ1) is 27.9. The maximum Gasteiger partial charge on any atom is 0.238 e. The molecule has 0 saturated heterocycles. The van der Waals surface area contributed by atoms with Crippen LogP contribution in [-0.2, 0) is 0 Å². The molecular weight excluding hydrogens is 629 g/mol. The van der Waals surface area contributed by atoms with Crippen LogP contribution in [0.25, 0.3) is 106 Å². The molecule has 0 saturated carbocycles. The SMILES string of the molecule is c1ccc(-c2nc(-c3cccc4oc5c(-c6ccc7c(c6)oc6ccccc67)cccc5c34)nc(-n3c4ccccc4c4ccccc43)n2)cc1. The van der Waals surface area contributed by atoms with Gasteiger partial charge in [-0.1, -0.05) is 121 Å². The van der Waals surface area contributed by atoms with Crippen LogP contribution in [0.2, 0.25) is 0 Å². The standard InChI is InChI=1S/C45H26N4O2/c1-2-12-27(13-3-1)43-46-44(48-45(47-43)49-36-20-7-4-14-30(36)31-15-5-8-21-37(31)49)35-19-11-23-39-41(35)34-18-10-17-29(42(34)51-39)28-24-25-33-32-16-6-9-22-38(32)50-40(33)26-28/h1-26H. The van der Waals surface area contributed by atoms with Gasteiger partial charge < -0.3 is 8.83 Å². The molecule has 11 rings (SSSR count). The highest BCUT2D eigenvalue weighted by molar-refractivity contribution is 6.15. The van der Waals surface area contributed by atoms with Gasteiger partial charge in [-0.05, 0) is 42.0 Å². The van der Waals surface area contributed by atoms with E-state index in [0.29, 0.717) is 17.6 Å². The average Bonchev–Trinajstić information content (AvgIpc) is 3.87. The van der Waals surface area contributed by atoms with Crippen LogP contribution >= 0.6 is 0 Å². The number of furan rings is 2. The quantitative estimate of drug-likeness (QED) is 0.189. The average molecular weight is 655 g/mol. The Bertz CT molecular complexity index is 3100. The summed E-state index contributed by atoms with van der Waals surface area (Å²) < 4.78 is 15.1. The van der Waals surface area contributed by atoms with E-state index in [4.69, 9.17) is 23.8 Å². The van der Waals surface area contributed by atoms with Gasteiger partial charge in [0.05, 0.1) is 11.0 Å². The number of benzene rings is 7. The summed E-state index contributed by atoms with van der Waals surface area (Å²) >= 11 is 0. The van der Waals surface area contributed by atoms with Crippen molar-refractivity contribution in [3.8, 4) is 39.9 Å². The van der Waals surface area contributed by atoms with Gasteiger partial charge in [0.1, 0.15) is 22.3 Å². The van der Waals surface area contributed by atoms with Crippen molar-refractivity contribution in [2.24, 2.45) is 0 Å². The molecule has 0 radical (unpaired) electrons. The maximum absolute atomic E-state index is 6.70. The molecule has 7 aromatic carbocycles. The smallest absolute Gasteiger partial charge is 0.238 e. The van der Waals surface area contributed by atoms with E-state index in [9.17, 15) is 0 Å². The van der Waals surface area contributed by atoms with Crippen molar-refractivity contribution in [3.63, 3.8) is 0 Å². The zero-order valence-corrected chi connectivity index (χ0v) is 27.1. The van der Waals surface area contributed by atoms with E-state index in [1.807, 2.05) is 60.7 Å². The van der Waals surface area contributed by atoms with E-state index in [1.54, 1.807) is 0 Å². The molecule has 11 aromatic rings. The van der Waals surface area contributed by atoms with E-state index in [2.05, 4.69) is 102 Å². The number of para-hydroxylation sites is 4. The molecule has 0 atom stereocenters. The van der Waals surface area contributed by atoms with E-state index >= 15 is 0 Å². The minimum absolute atomic E-state index is 0.556. The van der Waals surface area contributed by atoms with Crippen LogP contribution in [0.1, 0.15) is 0 Å². The monoisotopic (exact) mass is 654 g/mol. The number of hydrogen-bond donors (Lipinski definition) is 0. The zero-order valence-electron chi connectivity index (χ0n) is 27.1. The lowest BCUT2D eigenvalue weighted by Gasteiger charge is -2.11. The normalized spacial score (nSPS) is 11.9. The van der Waals surface area contributed by atoms with Gasteiger partial charge >= 0.3 is 0 Å². The van der Waals surface area contributed by atoms with Crippen molar-refractivity contribution in [1.29, 1.82) is 0 Å². The molecular formula is C45H26N4O2. The van der Waals surface area contributed by atoms with Crippen LogP contribution in [-0.4, -0.2) is 19.5 Å². The van der Waals surface area contributed by atoms with Crippen molar-refractivity contribution in [2.75, 3.05) is 0 Å². The summed E-state index contributed by atoms with van der Waals surface area (Å²) in [4.78, 5) is 15.5. The van der Waals surface area contributed by atoms with Gasteiger partial charge in [0.25, 0.3) is 0 Å². The van der Waals surface area contributed by atoms with Crippen molar-refractivity contribution in [1.82, 2.24) is 19.5 Å². The highest BCUT2D eigenvalue weighted by atomic mass is 16.3. The lowest BCUT2D eigenvalue weighted by Crippen LogP contribution is -2.06. The van der Waals surface area contributed by atoms with Gasteiger partial charge in [0, 0.05) is 49.0 Å². The van der Waals surface area contributed by atoms with Gasteiger partial charge in [-0.3, -0.25) is 4.57 Å². The van der Waals surface area contributed by atoms with Gasteiger partial charge in [0.2, 0.25) is 5.95 Å². The summed E-state index contributed by atoms with van der Waals surface area (Å²) in [5.41, 5.74) is 9.16. The lowest BCUT2D eigenvalue weighted by atomic mass is 9.99. The molecule has 4 aromatic heterocycles. The molecule has 0 unspecified atom stereocenters. The highest BCUT2D eigenvalue weighted by Crippen LogP contribution is 2.41. The second-order valence-corrected chi connectivity index (χ2v) is 12.8. The van der Waals surface area contributed by atoms with Crippen LogP contribution in [0, 0.1) is 0 Å². The molecule has 0 amide bonds. The summed E-state index contributed by atoms with van der Waals surface area (Å²) in [7, 11) is 0. The van der Waals surface area contributed by atoms with Crippen molar-refractivity contribution in [3.05, 3.63) is 158 Å². The fraction of sp³-hybridized carbons (Fsp3) is 0. The van der Waals surface area contributed by atoms with E-state index in [0.717, 1.165) is 87.9 Å². The van der Waals surface area contributed by atoms with E-state index < -0.39 is 0 Å². The largest absolute Gasteiger partial charge is 0.456 e. The van der Waals surface area contributed by atoms with Gasteiger partial charge in [-0.15, -0.1) is 0 Å². The molecule has 0 aliphatic heterocycles. The fourth-order valence-corrected chi connectivity index (χ4v) is 7.59. The minimum atomic E-state index is 0.556. The summed E-state index contributed by atoms with van der Waals surface area (Å²) in [5, 5.41) is 6.44. The van der Waals surface area contributed by atoms with Crippen LogP contribution in [0.4, 0.5) is 0 Å². The first-order chi connectivity index (χ1) is 25.3. The summed E-state index contributed by atoms with van der Waals surface area (Å²) in [5.74, 6) is 1.73. The first-order valence-electron chi connectivity index (χ1n) is 16.9. The predicted octanol–water partition coefficient (Wildman–Crippen LogP) is 11.8. The van der Waals surface area contributed by atoms with Crippen molar-refractivity contribution in [2.45, 2.75) is 0 Å². The Labute approximate surface area is 290 Å². The molecule has 6 heteroatoms. The Morgan fingerprint density at radius 3 is 1.84 bits per heavy atom. The van der Waals surface area contributed by atoms with Crippen LogP contribution in [0.5, 0.6) is 0 Å². The number of fused-ring (bicyclic) bond motifs is 9. The van der Waals surface area contributed by atoms with Crippen LogP contribution < -0.4 is 0 Å². The molecule has 51 heavy (non-hydrogen) atoms. The van der Waals surface area contributed by atoms with Crippen molar-refractivity contribution >= 4 is 65.7 Å². The third-order valence-electron chi connectivity index (χ3n) is 9.89. The number of rotatable bonds is 4. The lowest BCUT2D eigenvalue weighted by molar-refractivity contribution is 0.668. The Morgan fingerprint density at radius 2 is 1.02 bits per heavy atom. The third kappa shape index (κ3) is 4.20. The summed E-state index contributed by atoms with van der Waals surface area (Å²) in [6.07, 6.45) is 0. The summed E-state index contributed by atoms with van der Waals surface area (Å²) in [6, 6.07) is 53.8. The van der Waals surface area contributed by atoms with Crippen LogP contribution in [0.15, 0.2) is 167 Å². The third-order valence-corrected chi connectivity index (χ3v) is 9.89. The Morgan fingerprint density at radius 1 is 0.392 bits per heavy atom. The van der Waals surface area contributed by atoms with Crippen LogP contribution in [0.3, 0.4) is 0 Å². The van der Waals surface area contributed by atoms with E-state index in [1.165, 1.54) is 0 Å². The maximum atomic E-state index is 6.70. The number of nitrogens with zero attached hydrogens (tertiary/aromatic N) is 4.